The van der Waals surface area contributed by atoms with Gasteiger partial charge in [-0.25, -0.2) is 4.39 Å². The summed E-state index contributed by atoms with van der Waals surface area (Å²) < 4.78 is 30.9. The van der Waals surface area contributed by atoms with E-state index in [4.69, 9.17) is 14.2 Å². The Morgan fingerprint density at radius 1 is 1.18 bits per heavy atom. The molecule has 0 radical (unpaired) electrons. The summed E-state index contributed by atoms with van der Waals surface area (Å²) in [7, 11) is 2.10. The zero-order valence-corrected chi connectivity index (χ0v) is 20.0. The van der Waals surface area contributed by atoms with Gasteiger partial charge < -0.3 is 19.1 Å². The van der Waals surface area contributed by atoms with Crippen molar-refractivity contribution in [2.24, 2.45) is 5.92 Å². The lowest BCUT2D eigenvalue weighted by atomic mass is 9.65. The van der Waals surface area contributed by atoms with Crippen LogP contribution in [0.3, 0.4) is 0 Å². The molecule has 0 spiro atoms. The normalized spacial score (nSPS) is 21.4. The summed E-state index contributed by atoms with van der Waals surface area (Å²) in [5.74, 6) is 1.43. The quantitative estimate of drug-likeness (QED) is 0.518. The predicted molar refractivity (Wildman–Crippen MR) is 125 cm³/mol. The van der Waals surface area contributed by atoms with E-state index in [0.29, 0.717) is 12.8 Å². The van der Waals surface area contributed by atoms with Gasteiger partial charge in [0.25, 0.3) is 0 Å². The first-order chi connectivity index (χ1) is 15.8. The first-order valence-electron chi connectivity index (χ1n) is 11.8. The summed E-state index contributed by atoms with van der Waals surface area (Å²) in [6.07, 6.45) is 3.06. The number of benzene rings is 2. The fraction of sp³-hybridized carbons (Fsp3) is 0.519. The van der Waals surface area contributed by atoms with Crippen LogP contribution < -0.4 is 9.47 Å². The van der Waals surface area contributed by atoms with Crippen LogP contribution in [0.25, 0.3) is 0 Å². The van der Waals surface area contributed by atoms with E-state index in [1.807, 2.05) is 18.2 Å². The summed E-state index contributed by atoms with van der Waals surface area (Å²) in [6.45, 7) is 7.77. The monoisotopic (exact) mass is 455 g/mol. The minimum Gasteiger partial charge on any atom is -0.459 e. The van der Waals surface area contributed by atoms with Crippen LogP contribution in [0, 0.1) is 11.7 Å². The molecule has 1 heterocycles. The number of carbonyl (C=O) groups is 1. The summed E-state index contributed by atoms with van der Waals surface area (Å²) >= 11 is 0. The molecule has 0 amide bonds. The maximum absolute atomic E-state index is 13.9. The van der Waals surface area contributed by atoms with Crippen molar-refractivity contribution >= 4 is 5.97 Å². The number of rotatable bonds is 8. The second-order valence-corrected chi connectivity index (χ2v) is 9.71. The van der Waals surface area contributed by atoms with Gasteiger partial charge in [-0.2, -0.15) is 0 Å². The number of ether oxygens (including phenoxy) is 3. The highest BCUT2D eigenvalue weighted by atomic mass is 19.1. The molecule has 0 aromatic heterocycles. The third kappa shape index (κ3) is 5.16. The molecule has 4 rings (SSSR count). The van der Waals surface area contributed by atoms with Gasteiger partial charge in [-0.15, -0.1) is 0 Å². The topological polar surface area (TPSA) is 48.0 Å². The zero-order valence-electron chi connectivity index (χ0n) is 20.0. The molecule has 178 valence electrons. The molecule has 0 fully saturated rings. The molecule has 2 aromatic rings. The molecule has 0 bridgehead atoms. The van der Waals surface area contributed by atoms with Gasteiger partial charge in [0, 0.05) is 32.4 Å². The Hall–Kier alpha value is -2.60. The van der Waals surface area contributed by atoms with Crippen LogP contribution in [-0.4, -0.2) is 43.4 Å². The molecule has 0 N–H and O–H groups in total. The van der Waals surface area contributed by atoms with E-state index in [1.165, 1.54) is 18.6 Å². The van der Waals surface area contributed by atoms with Crippen molar-refractivity contribution in [3.63, 3.8) is 0 Å². The van der Waals surface area contributed by atoms with E-state index >= 15 is 0 Å². The van der Waals surface area contributed by atoms with Crippen molar-refractivity contribution in [1.82, 2.24) is 4.90 Å². The Bertz CT molecular complexity index is 1010. The highest BCUT2D eigenvalue weighted by molar-refractivity contribution is 5.67. The highest BCUT2D eigenvalue weighted by Gasteiger charge is 2.47. The Kier molecular flexibility index (Phi) is 6.94. The molecule has 2 aromatic carbocycles. The minimum absolute atomic E-state index is 0.0352. The third-order valence-corrected chi connectivity index (χ3v) is 6.97. The van der Waals surface area contributed by atoms with Crippen LogP contribution >= 0.6 is 0 Å². The van der Waals surface area contributed by atoms with Crippen LogP contribution in [-0.2, 0) is 22.4 Å². The minimum atomic E-state index is -0.585. The molecular formula is C27H34FNO4. The van der Waals surface area contributed by atoms with Crippen molar-refractivity contribution in [2.75, 3.05) is 26.9 Å². The average Bonchev–Trinajstić information content (AvgIpc) is 3.23. The van der Waals surface area contributed by atoms with E-state index in [0.717, 1.165) is 48.6 Å². The number of aryl methyl sites for hydroxylation is 1. The Morgan fingerprint density at radius 3 is 2.73 bits per heavy atom. The first kappa shape index (κ1) is 23.6. The van der Waals surface area contributed by atoms with Gasteiger partial charge in [-0.3, -0.25) is 4.79 Å². The van der Waals surface area contributed by atoms with Crippen molar-refractivity contribution in [2.45, 2.75) is 58.0 Å². The van der Waals surface area contributed by atoms with Gasteiger partial charge in [0.15, 0.2) is 11.5 Å². The molecule has 0 saturated carbocycles. The predicted octanol–water partition coefficient (Wildman–Crippen LogP) is 5.11. The first-order valence-corrected chi connectivity index (χ1v) is 11.8. The molecule has 1 aliphatic carbocycles. The number of esters is 1. The van der Waals surface area contributed by atoms with Crippen LogP contribution in [0.5, 0.6) is 11.5 Å². The van der Waals surface area contributed by atoms with Crippen molar-refractivity contribution in [3.05, 3.63) is 58.9 Å². The molecule has 2 atom stereocenters. The van der Waals surface area contributed by atoms with Gasteiger partial charge in [-0.1, -0.05) is 26.0 Å². The second kappa shape index (κ2) is 9.72. The van der Waals surface area contributed by atoms with Crippen LogP contribution in [0.15, 0.2) is 36.4 Å². The van der Waals surface area contributed by atoms with Gasteiger partial charge >= 0.3 is 5.97 Å². The molecule has 6 heteroatoms. The summed E-state index contributed by atoms with van der Waals surface area (Å²) in [4.78, 5) is 14.5. The van der Waals surface area contributed by atoms with Crippen molar-refractivity contribution in [3.8, 4) is 11.5 Å². The molecular weight excluding hydrogens is 421 g/mol. The smallest absolute Gasteiger partial charge is 0.303 e. The van der Waals surface area contributed by atoms with Crippen LogP contribution in [0.4, 0.5) is 4.39 Å². The number of carbonyl (C=O) groups excluding carboxylic acids is 1. The SMILES string of the molecule is CC(=O)O[C@@]1(CCN(C)CCc2ccc3c(c2)OCO3)CCc2cc(F)ccc2[C@H]1C(C)C. The van der Waals surface area contributed by atoms with Gasteiger partial charge in [-0.05, 0) is 73.2 Å². The maximum Gasteiger partial charge on any atom is 0.303 e. The Morgan fingerprint density at radius 2 is 1.97 bits per heavy atom. The fourth-order valence-electron chi connectivity index (χ4n) is 5.49. The lowest BCUT2D eigenvalue weighted by Crippen LogP contribution is -2.48. The summed E-state index contributed by atoms with van der Waals surface area (Å²) in [6, 6.07) is 11.1. The number of fused-ring (bicyclic) bond motifs is 2. The standard InChI is InChI=1S/C27H34FNO4/c1-18(2)26-23-7-6-22(28)16-21(23)9-11-27(26,33-19(3)30)12-14-29(4)13-10-20-5-8-24-25(15-20)32-17-31-24/h5-8,15-16,18,26H,9-14,17H2,1-4H3/t26-,27-/m1/s1. The lowest BCUT2D eigenvalue weighted by Gasteiger charge is -2.47. The van der Waals surface area contributed by atoms with Crippen molar-refractivity contribution < 1.29 is 23.4 Å². The van der Waals surface area contributed by atoms with E-state index in [-0.39, 0.29) is 30.4 Å². The third-order valence-electron chi connectivity index (χ3n) is 6.97. The molecule has 2 aliphatic rings. The summed E-state index contributed by atoms with van der Waals surface area (Å²) in [5.41, 5.74) is 2.77. The highest BCUT2D eigenvalue weighted by Crippen LogP contribution is 2.48. The molecule has 0 saturated heterocycles. The number of likely N-dealkylation sites (N-methyl/N-ethyl adjacent to an activating group) is 1. The maximum atomic E-state index is 13.9. The molecule has 5 nitrogen and oxygen atoms in total. The number of halogens is 1. The van der Waals surface area contributed by atoms with E-state index in [1.54, 1.807) is 6.07 Å². The second-order valence-electron chi connectivity index (χ2n) is 9.71. The largest absolute Gasteiger partial charge is 0.459 e. The number of hydrogen-bond acceptors (Lipinski definition) is 5. The lowest BCUT2D eigenvalue weighted by molar-refractivity contribution is -0.164. The van der Waals surface area contributed by atoms with Gasteiger partial charge in [0.05, 0.1) is 0 Å². The molecule has 33 heavy (non-hydrogen) atoms. The Labute approximate surface area is 195 Å². The van der Waals surface area contributed by atoms with Crippen LogP contribution in [0.2, 0.25) is 0 Å². The van der Waals surface area contributed by atoms with E-state index in [2.05, 4.69) is 31.9 Å². The zero-order chi connectivity index (χ0) is 23.6. The average molecular weight is 456 g/mol. The fourth-order valence-corrected chi connectivity index (χ4v) is 5.49. The van der Waals surface area contributed by atoms with Gasteiger partial charge in [0.2, 0.25) is 6.79 Å². The number of hydrogen-bond donors (Lipinski definition) is 0. The van der Waals surface area contributed by atoms with Crippen molar-refractivity contribution in [1.29, 1.82) is 0 Å². The van der Waals surface area contributed by atoms with Crippen LogP contribution in [0.1, 0.15) is 56.2 Å². The molecule has 1 aliphatic heterocycles. The van der Waals surface area contributed by atoms with E-state index < -0.39 is 5.60 Å². The van der Waals surface area contributed by atoms with E-state index in [9.17, 15) is 9.18 Å². The van der Waals surface area contributed by atoms with Gasteiger partial charge in [0.1, 0.15) is 11.4 Å². The Balaban J connectivity index is 1.46. The molecule has 0 unspecified atom stereocenters. The summed E-state index contributed by atoms with van der Waals surface area (Å²) in [5, 5.41) is 0. The number of nitrogens with zero attached hydrogens (tertiary/aromatic N) is 1.